The van der Waals surface area contributed by atoms with Crippen LogP contribution in [0.3, 0.4) is 0 Å². The van der Waals surface area contributed by atoms with Gasteiger partial charge in [-0.2, -0.15) is 0 Å². The molecular formula is C5H9CoN2+3. The number of aromatic amines is 1. The van der Waals surface area contributed by atoms with Crippen LogP contribution in [-0.4, -0.2) is 4.98 Å². The van der Waals surface area contributed by atoms with Gasteiger partial charge in [-0.25, -0.2) is 9.55 Å². The second-order valence-electron chi connectivity index (χ2n) is 1.66. The van der Waals surface area contributed by atoms with Gasteiger partial charge in [-0.15, -0.1) is 0 Å². The average molecular weight is 156 g/mol. The van der Waals surface area contributed by atoms with Crippen molar-refractivity contribution in [1.82, 2.24) is 4.98 Å². The summed E-state index contributed by atoms with van der Waals surface area (Å²) < 4.78 is 2.03. The minimum absolute atomic E-state index is 0. The fraction of sp³-hybridized carbons (Fsp3) is 0.400. The van der Waals surface area contributed by atoms with E-state index in [1.54, 1.807) is 0 Å². The van der Waals surface area contributed by atoms with Crippen molar-refractivity contribution in [2.24, 2.45) is 7.05 Å². The number of rotatable bonds is 0. The monoisotopic (exact) mass is 156 g/mol. The predicted molar refractivity (Wildman–Crippen MR) is 26.7 cm³/mol. The molecule has 1 rings (SSSR count). The van der Waals surface area contributed by atoms with Gasteiger partial charge in [-0.05, 0) is 0 Å². The Labute approximate surface area is 59.1 Å². The molecule has 0 atom stereocenters. The Bertz CT molecular complexity index is 143. The van der Waals surface area contributed by atoms with E-state index in [0.717, 1.165) is 0 Å². The fourth-order valence-electron chi connectivity index (χ4n) is 0.483. The van der Waals surface area contributed by atoms with Crippen LogP contribution in [0.4, 0.5) is 0 Å². The summed E-state index contributed by atoms with van der Waals surface area (Å²) in [5, 5.41) is 0. The van der Waals surface area contributed by atoms with Gasteiger partial charge in [0.05, 0.1) is 7.05 Å². The quantitative estimate of drug-likeness (QED) is 0.516. The summed E-state index contributed by atoms with van der Waals surface area (Å²) in [4.78, 5) is 3.03. The molecule has 1 aromatic rings. The number of hydrogen-bond donors (Lipinski definition) is 1. The summed E-state index contributed by atoms with van der Waals surface area (Å²) >= 11 is 0. The first-order valence-corrected chi connectivity index (χ1v) is 2.30. The van der Waals surface area contributed by atoms with Gasteiger partial charge in [-0.3, -0.25) is 0 Å². The third kappa shape index (κ3) is 1.35. The molecule has 0 amide bonds. The van der Waals surface area contributed by atoms with Crippen molar-refractivity contribution >= 4 is 0 Å². The molecular weight excluding hydrogens is 147 g/mol. The van der Waals surface area contributed by atoms with Crippen molar-refractivity contribution in [3.8, 4) is 0 Å². The predicted octanol–water partition coefficient (Wildman–Crippen LogP) is 0.145. The minimum atomic E-state index is 0. The van der Waals surface area contributed by atoms with Gasteiger partial charge >= 0.3 is 16.8 Å². The first-order chi connectivity index (χ1) is 3.30. The van der Waals surface area contributed by atoms with E-state index < -0.39 is 0 Å². The first kappa shape index (κ1) is 7.72. The maximum absolute atomic E-state index is 3.03. The van der Waals surface area contributed by atoms with Crippen molar-refractivity contribution in [2.75, 3.05) is 0 Å². The van der Waals surface area contributed by atoms with Crippen LogP contribution < -0.4 is 4.57 Å². The zero-order chi connectivity index (χ0) is 5.28. The molecule has 0 bridgehead atoms. The van der Waals surface area contributed by atoms with Crippen LogP contribution in [0.2, 0.25) is 0 Å². The zero-order valence-corrected chi connectivity index (χ0v) is 5.98. The number of hydrogen-bond acceptors (Lipinski definition) is 0. The Balaban J connectivity index is 0.000000490. The smallest absolute Gasteiger partial charge is 0.248 e. The molecule has 1 radical (unpaired) electrons. The third-order valence-corrected chi connectivity index (χ3v) is 1.12. The molecule has 0 aliphatic rings. The van der Waals surface area contributed by atoms with Crippen molar-refractivity contribution in [3.05, 3.63) is 18.2 Å². The van der Waals surface area contributed by atoms with Gasteiger partial charge in [0.2, 0.25) is 0 Å². The molecule has 0 aliphatic carbocycles. The Hall–Kier alpha value is -0.284. The minimum Gasteiger partial charge on any atom is -0.248 e. The molecule has 1 aromatic heterocycles. The van der Waals surface area contributed by atoms with Crippen molar-refractivity contribution in [1.29, 1.82) is 0 Å². The largest absolute Gasteiger partial charge is 2.00 e. The Kier molecular flexibility index (Phi) is 2.79. The van der Waals surface area contributed by atoms with Crippen LogP contribution in [0.25, 0.3) is 0 Å². The van der Waals surface area contributed by atoms with E-state index in [1.165, 1.54) is 5.82 Å². The van der Waals surface area contributed by atoms with Crippen molar-refractivity contribution < 1.29 is 21.3 Å². The maximum atomic E-state index is 3.03. The summed E-state index contributed by atoms with van der Waals surface area (Å²) in [5.41, 5.74) is 0. The van der Waals surface area contributed by atoms with Crippen LogP contribution in [-0.2, 0) is 23.8 Å². The number of nitrogens with zero attached hydrogens (tertiary/aromatic N) is 1. The van der Waals surface area contributed by atoms with Crippen molar-refractivity contribution in [3.63, 3.8) is 0 Å². The van der Waals surface area contributed by atoms with E-state index in [9.17, 15) is 0 Å². The average Bonchev–Trinajstić information content (AvgIpc) is 1.91. The molecule has 0 spiro atoms. The molecule has 0 aromatic carbocycles. The molecule has 8 heavy (non-hydrogen) atoms. The Morgan fingerprint density at radius 3 is 2.38 bits per heavy atom. The first-order valence-electron chi connectivity index (χ1n) is 2.30. The normalized spacial score (nSPS) is 8.25. The molecule has 2 nitrogen and oxygen atoms in total. The van der Waals surface area contributed by atoms with Crippen molar-refractivity contribution in [2.45, 2.75) is 6.92 Å². The van der Waals surface area contributed by atoms with E-state index >= 15 is 0 Å². The fourth-order valence-corrected chi connectivity index (χ4v) is 0.483. The van der Waals surface area contributed by atoms with Crippen LogP contribution in [0.5, 0.6) is 0 Å². The van der Waals surface area contributed by atoms with E-state index in [1.807, 2.05) is 30.9 Å². The topological polar surface area (TPSA) is 19.7 Å². The van der Waals surface area contributed by atoms with E-state index in [2.05, 4.69) is 4.98 Å². The molecule has 0 fully saturated rings. The number of aromatic nitrogens is 2. The van der Waals surface area contributed by atoms with Gasteiger partial charge in [-0.1, -0.05) is 0 Å². The molecule has 0 saturated heterocycles. The van der Waals surface area contributed by atoms with E-state index in [4.69, 9.17) is 0 Å². The maximum Gasteiger partial charge on any atom is 2.00 e. The van der Waals surface area contributed by atoms with Crippen LogP contribution >= 0.6 is 0 Å². The molecule has 45 valence electrons. The number of imidazole rings is 1. The molecule has 0 aliphatic heterocycles. The number of nitrogens with one attached hydrogen (secondary N) is 1. The second kappa shape index (κ2) is 2.89. The molecule has 3 heteroatoms. The number of H-pyrrole nitrogens is 1. The summed E-state index contributed by atoms with van der Waals surface area (Å²) in [5.74, 6) is 1.18. The summed E-state index contributed by atoms with van der Waals surface area (Å²) in [6, 6.07) is 0. The third-order valence-electron chi connectivity index (χ3n) is 1.12. The molecule has 0 saturated carbocycles. The van der Waals surface area contributed by atoms with Gasteiger partial charge < -0.3 is 0 Å². The summed E-state index contributed by atoms with van der Waals surface area (Å²) in [6.07, 6.45) is 3.89. The molecule has 0 unspecified atom stereocenters. The van der Waals surface area contributed by atoms with Crippen LogP contribution in [0.1, 0.15) is 5.82 Å². The van der Waals surface area contributed by atoms with Gasteiger partial charge in [0.15, 0.2) is 0 Å². The zero-order valence-electron chi connectivity index (χ0n) is 4.94. The second-order valence-corrected chi connectivity index (χ2v) is 1.66. The molecule has 1 N–H and O–H groups in total. The van der Waals surface area contributed by atoms with Gasteiger partial charge in [0.25, 0.3) is 5.82 Å². The number of aryl methyl sites for hydroxylation is 2. The Morgan fingerprint density at radius 1 is 1.62 bits per heavy atom. The van der Waals surface area contributed by atoms with E-state index in [-0.39, 0.29) is 16.8 Å². The van der Waals surface area contributed by atoms with Crippen LogP contribution in [0, 0.1) is 6.92 Å². The van der Waals surface area contributed by atoms with E-state index in [0.29, 0.717) is 0 Å². The standard InChI is InChI=1S/C5H8N2.Co/c1-5-6-3-4-7(5)2;/h3-4H,1-2H3;/q;+2/p+1. The molecule has 1 heterocycles. The Morgan fingerprint density at radius 2 is 2.25 bits per heavy atom. The summed E-state index contributed by atoms with van der Waals surface area (Å²) in [6.45, 7) is 2.03. The SMILES string of the molecule is Cc1[nH]cc[n+]1C.[Co+2]. The summed E-state index contributed by atoms with van der Waals surface area (Å²) in [7, 11) is 2.01. The van der Waals surface area contributed by atoms with Crippen LogP contribution in [0.15, 0.2) is 12.4 Å². The van der Waals surface area contributed by atoms with Gasteiger partial charge in [0.1, 0.15) is 12.4 Å². The van der Waals surface area contributed by atoms with Gasteiger partial charge in [0, 0.05) is 6.92 Å².